The van der Waals surface area contributed by atoms with Crippen LogP contribution < -0.4 is 31.0 Å². The van der Waals surface area contributed by atoms with Crippen LogP contribution in [0.15, 0.2) is 53.6 Å². The van der Waals surface area contributed by atoms with Crippen LogP contribution in [-0.2, 0) is 4.79 Å². The van der Waals surface area contributed by atoms with Crippen molar-refractivity contribution in [2.45, 2.75) is 13.0 Å². The van der Waals surface area contributed by atoms with Crippen molar-refractivity contribution in [2.24, 2.45) is 5.73 Å². The van der Waals surface area contributed by atoms with Crippen molar-refractivity contribution < 1.29 is 23.4 Å². The second-order valence-corrected chi connectivity index (χ2v) is 8.05. The van der Waals surface area contributed by atoms with Crippen LogP contribution in [0.3, 0.4) is 0 Å². The third-order valence-corrected chi connectivity index (χ3v) is 5.35. The third-order valence-electron chi connectivity index (χ3n) is 5.35. The molecular weight excluding hydrogens is 525 g/mol. The number of nitrogens with two attached hydrogens (primary N) is 1. The Labute approximate surface area is 225 Å². The van der Waals surface area contributed by atoms with Crippen LogP contribution in [0.5, 0.6) is 17.2 Å². The molecule has 0 aliphatic heterocycles. The SMILES string of the molecule is COc1cc([C@H](Nc2ccc(C(=N)N)c(OC(C)=O)c2)c2nn(-c3ncccn3)c(=O)[nH]2)cc(F)c1OCC#N. The molecule has 0 aliphatic carbocycles. The summed E-state index contributed by atoms with van der Waals surface area (Å²) in [6.07, 6.45) is 2.87. The fourth-order valence-electron chi connectivity index (χ4n) is 3.71. The highest BCUT2D eigenvalue weighted by Crippen LogP contribution is 2.36. The maximum atomic E-state index is 15.2. The molecule has 5 N–H and O–H groups in total. The van der Waals surface area contributed by atoms with E-state index in [9.17, 15) is 9.59 Å². The molecule has 2 aromatic carbocycles. The lowest BCUT2D eigenvalue weighted by Gasteiger charge is -2.21. The maximum Gasteiger partial charge on any atom is 0.350 e. The standard InChI is InChI=1S/C25H22FN9O5/c1-13(36)40-18-12-15(4-5-16(18)22(28)29)32-20(14-10-17(26)21(39-9-6-27)19(11-14)38-2)23-33-25(37)35(34-23)24-30-7-3-8-31-24/h3-5,7-8,10-12,20,32H,9H2,1-2H3,(H3,28,29)(H,33,34,37)/t20-/m0/s1. The van der Waals surface area contributed by atoms with Crippen LogP contribution in [0.2, 0.25) is 0 Å². The number of nitrogens with one attached hydrogen (secondary N) is 3. The summed E-state index contributed by atoms with van der Waals surface area (Å²) in [4.78, 5) is 35.1. The number of benzene rings is 2. The summed E-state index contributed by atoms with van der Waals surface area (Å²) in [5, 5.41) is 24.0. The van der Waals surface area contributed by atoms with Gasteiger partial charge in [0, 0.05) is 31.1 Å². The highest BCUT2D eigenvalue weighted by Gasteiger charge is 2.25. The molecule has 2 heterocycles. The minimum atomic E-state index is -1.03. The molecule has 0 amide bonds. The Morgan fingerprint density at radius 2 is 2.02 bits per heavy atom. The van der Waals surface area contributed by atoms with Gasteiger partial charge in [-0.3, -0.25) is 15.2 Å². The number of nitrogens with zero attached hydrogens (tertiary/aromatic N) is 5. The van der Waals surface area contributed by atoms with E-state index >= 15 is 4.39 Å². The summed E-state index contributed by atoms with van der Waals surface area (Å²) >= 11 is 0. The predicted octanol–water partition coefficient (Wildman–Crippen LogP) is 1.81. The molecule has 4 aromatic rings. The van der Waals surface area contributed by atoms with Crippen molar-refractivity contribution in [3.63, 3.8) is 0 Å². The average molecular weight is 548 g/mol. The van der Waals surface area contributed by atoms with Crippen molar-refractivity contribution >= 4 is 17.5 Å². The summed E-state index contributed by atoms with van der Waals surface area (Å²) in [6, 6.07) is 9.30. The van der Waals surface area contributed by atoms with E-state index < -0.39 is 30.1 Å². The smallest absolute Gasteiger partial charge is 0.350 e. The van der Waals surface area contributed by atoms with Crippen LogP contribution in [0.1, 0.15) is 29.9 Å². The van der Waals surface area contributed by atoms with E-state index in [1.807, 2.05) is 0 Å². The van der Waals surface area contributed by atoms with Gasteiger partial charge in [-0.15, -0.1) is 9.78 Å². The van der Waals surface area contributed by atoms with Gasteiger partial charge in [-0.2, -0.15) is 5.26 Å². The highest BCUT2D eigenvalue weighted by atomic mass is 19.1. The Hall–Kier alpha value is -5.78. The van der Waals surface area contributed by atoms with Crippen molar-refractivity contribution in [1.82, 2.24) is 24.7 Å². The number of nitriles is 1. The van der Waals surface area contributed by atoms with Crippen molar-refractivity contribution in [1.29, 1.82) is 10.7 Å². The lowest BCUT2D eigenvalue weighted by atomic mass is 10.0. The molecule has 204 valence electrons. The molecule has 0 unspecified atom stereocenters. The van der Waals surface area contributed by atoms with Crippen LogP contribution in [-0.4, -0.2) is 50.3 Å². The number of anilines is 1. The number of halogens is 1. The number of aromatic amines is 1. The molecule has 0 fully saturated rings. The van der Waals surface area contributed by atoms with E-state index in [4.69, 9.17) is 30.6 Å². The topological polar surface area (TPSA) is 207 Å². The fourth-order valence-corrected chi connectivity index (χ4v) is 3.71. The monoisotopic (exact) mass is 547 g/mol. The maximum absolute atomic E-state index is 15.2. The second-order valence-electron chi connectivity index (χ2n) is 8.05. The summed E-state index contributed by atoms with van der Waals surface area (Å²) < 4.78 is 31.8. The summed E-state index contributed by atoms with van der Waals surface area (Å²) in [5.41, 5.74) is 5.69. The Morgan fingerprint density at radius 3 is 2.67 bits per heavy atom. The van der Waals surface area contributed by atoms with Gasteiger partial charge in [0.2, 0.25) is 0 Å². The fraction of sp³-hybridized carbons (Fsp3) is 0.160. The number of methoxy groups -OCH3 is 1. The Morgan fingerprint density at radius 1 is 1.27 bits per heavy atom. The summed E-state index contributed by atoms with van der Waals surface area (Å²) in [5.74, 6) is -2.05. The Kier molecular flexibility index (Phi) is 7.99. The predicted molar refractivity (Wildman–Crippen MR) is 138 cm³/mol. The molecule has 14 nitrogen and oxygen atoms in total. The van der Waals surface area contributed by atoms with Gasteiger partial charge in [-0.1, -0.05) is 0 Å². The first kappa shape index (κ1) is 27.3. The average Bonchev–Trinajstić information content (AvgIpc) is 3.31. The van der Waals surface area contributed by atoms with Crippen LogP contribution in [0, 0.1) is 22.6 Å². The number of carbonyl (C=O) groups is 1. The zero-order valence-electron chi connectivity index (χ0n) is 21.1. The number of nitrogen functional groups attached to an aromatic ring is 1. The van der Waals surface area contributed by atoms with E-state index in [0.717, 1.165) is 10.7 Å². The first-order valence-corrected chi connectivity index (χ1v) is 11.5. The van der Waals surface area contributed by atoms with E-state index in [2.05, 4.69) is 25.4 Å². The van der Waals surface area contributed by atoms with Crippen molar-refractivity contribution in [3.05, 3.63) is 82.0 Å². The van der Waals surface area contributed by atoms with Gasteiger partial charge in [0.05, 0.1) is 12.7 Å². The first-order valence-electron chi connectivity index (χ1n) is 11.5. The zero-order chi connectivity index (χ0) is 28.8. The van der Waals surface area contributed by atoms with Crippen molar-refractivity contribution in [2.75, 3.05) is 19.0 Å². The van der Waals surface area contributed by atoms with Crippen LogP contribution in [0.25, 0.3) is 5.95 Å². The van der Waals surface area contributed by atoms with Gasteiger partial charge < -0.3 is 25.3 Å². The lowest BCUT2D eigenvalue weighted by Crippen LogP contribution is -2.18. The quantitative estimate of drug-likeness (QED) is 0.0974. The van der Waals surface area contributed by atoms with Gasteiger partial charge in [0.15, 0.2) is 29.7 Å². The van der Waals surface area contributed by atoms with Gasteiger partial charge in [-0.25, -0.2) is 19.2 Å². The molecular formula is C25H22FN9O5. The van der Waals surface area contributed by atoms with E-state index in [1.54, 1.807) is 18.2 Å². The number of hydrogen-bond acceptors (Lipinski definition) is 11. The molecule has 0 radical (unpaired) electrons. The molecule has 0 spiro atoms. The molecule has 1 atom stereocenters. The lowest BCUT2D eigenvalue weighted by molar-refractivity contribution is -0.131. The van der Waals surface area contributed by atoms with E-state index in [0.29, 0.717) is 5.69 Å². The number of esters is 1. The van der Waals surface area contributed by atoms with Crippen molar-refractivity contribution in [3.8, 4) is 29.3 Å². The molecule has 40 heavy (non-hydrogen) atoms. The Bertz CT molecular complexity index is 1660. The number of rotatable bonds is 10. The largest absolute Gasteiger partial charge is 0.493 e. The van der Waals surface area contributed by atoms with E-state index in [1.165, 1.54) is 44.6 Å². The zero-order valence-corrected chi connectivity index (χ0v) is 21.1. The number of amidine groups is 1. The molecule has 0 saturated heterocycles. The first-order chi connectivity index (χ1) is 19.2. The number of ether oxygens (including phenoxy) is 3. The minimum Gasteiger partial charge on any atom is -0.493 e. The Balaban J connectivity index is 1.85. The molecule has 0 saturated carbocycles. The number of carbonyl (C=O) groups excluding carboxylic acids is 1. The van der Waals surface area contributed by atoms with Crippen LogP contribution >= 0.6 is 0 Å². The number of hydrogen-bond donors (Lipinski definition) is 4. The second kappa shape index (κ2) is 11.7. The molecule has 2 aromatic heterocycles. The normalized spacial score (nSPS) is 11.2. The molecule has 4 rings (SSSR count). The molecule has 0 bridgehead atoms. The van der Waals surface area contributed by atoms with Gasteiger partial charge in [0.1, 0.15) is 23.7 Å². The number of H-pyrrole nitrogens is 1. The van der Waals surface area contributed by atoms with Crippen LogP contribution in [0.4, 0.5) is 10.1 Å². The van der Waals surface area contributed by atoms with Gasteiger partial charge in [-0.05, 0) is 35.9 Å². The third kappa shape index (κ3) is 5.86. The van der Waals surface area contributed by atoms with Gasteiger partial charge in [0.25, 0.3) is 5.95 Å². The minimum absolute atomic E-state index is 0.000665. The number of aromatic nitrogens is 5. The highest BCUT2D eigenvalue weighted by molar-refractivity contribution is 5.98. The summed E-state index contributed by atoms with van der Waals surface area (Å²) in [7, 11) is 1.30. The molecule has 0 aliphatic rings. The summed E-state index contributed by atoms with van der Waals surface area (Å²) in [6.45, 7) is 0.783. The van der Waals surface area contributed by atoms with E-state index in [-0.39, 0.29) is 46.0 Å². The van der Waals surface area contributed by atoms with Gasteiger partial charge >= 0.3 is 11.7 Å². The molecule has 15 heteroatoms.